The third kappa shape index (κ3) is 13.3. The van der Waals surface area contributed by atoms with E-state index in [1.54, 1.807) is 29.2 Å². The Bertz CT molecular complexity index is 2910. The van der Waals surface area contributed by atoms with Gasteiger partial charge in [0.15, 0.2) is 18.2 Å². The Kier molecular flexibility index (Phi) is 17.9. The first-order chi connectivity index (χ1) is 36.8. The fourth-order valence-electron chi connectivity index (χ4n) is 10.6. The summed E-state index contributed by atoms with van der Waals surface area (Å²) in [7, 11) is 0. The largest absolute Gasteiger partial charge is 0.488 e. The summed E-state index contributed by atoms with van der Waals surface area (Å²) >= 11 is 13.8. The molecule has 15 nitrogen and oxygen atoms in total. The second-order valence-corrected chi connectivity index (χ2v) is 20.9. The average Bonchev–Trinajstić information content (AvgIpc) is 3.95. The summed E-state index contributed by atoms with van der Waals surface area (Å²) in [6, 6.07) is 29.3. The number of nitrogens with zero attached hydrogens (tertiary/aromatic N) is 3. The molecule has 5 aromatic rings. The van der Waals surface area contributed by atoms with E-state index in [1.165, 1.54) is 17.0 Å². The molecule has 0 bridgehead atoms. The topological polar surface area (TPSA) is 185 Å². The van der Waals surface area contributed by atoms with E-state index in [9.17, 15) is 24.0 Å². The number of hydrogen-bond donors (Lipinski definition) is 4. The van der Waals surface area contributed by atoms with E-state index >= 15 is 4.39 Å². The molecule has 76 heavy (non-hydrogen) atoms. The highest BCUT2D eigenvalue weighted by Gasteiger charge is 2.31. The monoisotopic (exact) mass is 1080 g/mol. The summed E-state index contributed by atoms with van der Waals surface area (Å²) in [6.45, 7) is 7.09. The lowest BCUT2D eigenvalue weighted by Gasteiger charge is -2.34. The van der Waals surface area contributed by atoms with Gasteiger partial charge in [0.1, 0.15) is 12.4 Å². The first-order valence-corrected chi connectivity index (χ1v) is 26.9. The van der Waals surface area contributed by atoms with Crippen molar-refractivity contribution in [3.05, 3.63) is 146 Å². The maximum Gasteiger partial charge on any atom is 0.328 e. The van der Waals surface area contributed by atoms with Gasteiger partial charge in [-0.1, -0.05) is 83.9 Å². The summed E-state index contributed by atoms with van der Waals surface area (Å²) in [4.78, 5) is 69.0. The predicted octanol–water partition coefficient (Wildman–Crippen LogP) is 8.53. The number of benzene rings is 5. The van der Waals surface area contributed by atoms with Crippen LogP contribution in [0, 0.1) is 18.7 Å². The zero-order chi connectivity index (χ0) is 53.3. The SMILES string of the molecule is Cc1ccc(OCC(=O)N2CCN(Cc3ccc(CNC(=O)C4CCC(NCC(c5ccccc5)c5cc(-c6c(C(N)=O)ccc(OC[C@@H]7CCCO7)c6F)c(Cl)cc5Cl)CC4)cc3)CC2)cc1N1CCC(=O)NC1=O. The molecule has 6 amide bonds. The number of carbonyl (C=O) groups excluding carboxylic acids is 5. The quantitative estimate of drug-likeness (QED) is 0.0625. The van der Waals surface area contributed by atoms with E-state index in [1.807, 2.05) is 55.5 Å². The van der Waals surface area contributed by atoms with Gasteiger partial charge in [-0.15, -0.1) is 0 Å². The van der Waals surface area contributed by atoms with Crippen LogP contribution in [0.25, 0.3) is 11.1 Å². The van der Waals surface area contributed by atoms with Crippen LogP contribution in [-0.2, 0) is 32.2 Å². The number of carbonyl (C=O) groups is 5. The van der Waals surface area contributed by atoms with Gasteiger partial charge in [-0.2, -0.15) is 0 Å². The van der Waals surface area contributed by atoms with Crippen molar-refractivity contribution >= 4 is 58.5 Å². The summed E-state index contributed by atoms with van der Waals surface area (Å²) in [5.41, 5.74) is 11.3. The molecule has 0 spiro atoms. The number of anilines is 1. The highest BCUT2D eigenvalue weighted by atomic mass is 35.5. The van der Waals surface area contributed by atoms with Crippen molar-refractivity contribution in [1.82, 2.24) is 25.8 Å². The maximum absolute atomic E-state index is 16.5. The van der Waals surface area contributed by atoms with Crippen LogP contribution in [0.15, 0.2) is 97.1 Å². The molecule has 2 atom stereocenters. The van der Waals surface area contributed by atoms with Gasteiger partial charge in [0, 0.05) is 105 Å². The van der Waals surface area contributed by atoms with Crippen LogP contribution in [0.1, 0.15) is 89.0 Å². The molecule has 5 aromatic carbocycles. The number of nitrogens with two attached hydrogens (primary N) is 1. The number of nitrogens with one attached hydrogen (secondary N) is 3. The highest BCUT2D eigenvalue weighted by molar-refractivity contribution is 6.37. The number of rotatable bonds is 19. The molecule has 3 heterocycles. The van der Waals surface area contributed by atoms with Crippen molar-refractivity contribution in [3.8, 4) is 22.6 Å². The summed E-state index contributed by atoms with van der Waals surface area (Å²) in [5, 5.41) is 9.81. The number of amides is 6. The lowest BCUT2D eigenvalue weighted by molar-refractivity contribution is -0.135. The smallest absolute Gasteiger partial charge is 0.328 e. The van der Waals surface area contributed by atoms with E-state index in [0.717, 1.165) is 80.4 Å². The number of aryl methyl sites for hydroxylation is 1. The van der Waals surface area contributed by atoms with Gasteiger partial charge in [-0.25, -0.2) is 9.18 Å². The van der Waals surface area contributed by atoms with Crippen molar-refractivity contribution in [2.75, 3.05) is 64.0 Å². The predicted molar refractivity (Wildman–Crippen MR) is 289 cm³/mol. The van der Waals surface area contributed by atoms with E-state index in [0.29, 0.717) is 54.8 Å². The Balaban J connectivity index is 0.731. The minimum absolute atomic E-state index is 0.0332. The Morgan fingerprint density at radius 2 is 1.61 bits per heavy atom. The number of primary amides is 1. The zero-order valence-corrected chi connectivity index (χ0v) is 44.1. The minimum atomic E-state index is -0.808. The molecule has 3 aliphatic heterocycles. The summed E-state index contributed by atoms with van der Waals surface area (Å²) in [6.07, 6.45) is 4.86. The van der Waals surface area contributed by atoms with Gasteiger partial charge in [-0.3, -0.25) is 34.3 Å². The maximum atomic E-state index is 16.5. The zero-order valence-electron chi connectivity index (χ0n) is 42.6. The second kappa shape index (κ2) is 25.1. The van der Waals surface area contributed by atoms with Crippen molar-refractivity contribution in [3.63, 3.8) is 0 Å². The highest BCUT2D eigenvalue weighted by Crippen LogP contribution is 2.42. The first kappa shape index (κ1) is 54.2. The van der Waals surface area contributed by atoms with E-state index in [2.05, 4.69) is 33.0 Å². The molecule has 18 heteroatoms. The lowest BCUT2D eigenvalue weighted by Crippen LogP contribution is -2.50. The average molecular weight is 1080 g/mol. The lowest BCUT2D eigenvalue weighted by atomic mass is 9.84. The molecule has 4 aliphatic rings. The Morgan fingerprint density at radius 3 is 2.32 bits per heavy atom. The standard InChI is InChI=1S/C58H64Cl2FN7O8/c1-36-9-18-42(28-50(36)68-22-21-52(69)65-58(68)73)75-35-53(70)67-25-23-66(24-26-67)33-38-12-10-37(11-13-38)31-64-57(72)40-14-16-41(17-15-40)63-32-47(39-6-3-2-4-7-39)45-29-46(49(60)30-48(45)59)54-44(56(62)71)19-20-51(55(54)61)76-34-43-8-5-27-74-43/h2-4,6-7,9-13,18-20,28-30,40-41,43,47,63H,5,8,14-17,21-27,31-35H2,1H3,(H2,62,71)(H,64,72)(H,65,69,73)/t40?,41?,43-,47?/m0/s1. The fraction of sp³-hybridized carbons (Fsp3) is 0.397. The summed E-state index contributed by atoms with van der Waals surface area (Å²) in [5.74, 6) is -1.87. The van der Waals surface area contributed by atoms with Crippen LogP contribution in [0.4, 0.5) is 14.9 Å². The first-order valence-electron chi connectivity index (χ1n) is 26.1. The molecule has 0 radical (unpaired) electrons. The molecule has 4 fully saturated rings. The second-order valence-electron chi connectivity index (χ2n) is 20.1. The normalized spacial score (nSPS) is 19.5. The van der Waals surface area contributed by atoms with Crippen LogP contribution in [0.5, 0.6) is 11.5 Å². The molecule has 0 aromatic heterocycles. The van der Waals surface area contributed by atoms with Gasteiger partial charge in [-0.05, 0) is 104 Å². The van der Waals surface area contributed by atoms with Crippen molar-refractivity contribution < 1.29 is 42.6 Å². The van der Waals surface area contributed by atoms with E-state index in [-0.39, 0.29) is 95.3 Å². The van der Waals surface area contributed by atoms with Crippen LogP contribution in [-0.4, -0.2) is 111 Å². The Hall–Kier alpha value is -6.56. The van der Waals surface area contributed by atoms with Crippen LogP contribution in [0.3, 0.4) is 0 Å². The van der Waals surface area contributed by atoms with Crippen molar-refractivity contribution in [2.45, 2.75) is 83.0 Å². The Morgan fingerprint density at radius 1 is 0.855 bits per heavy atom. The molecular formula is C58H64Cl2FN7O8. The van der Waals surface area contributed by atoms with Crippen LogP contribution < -0.4 is 36.1 Å². The number of halogens is 3. The van der Waals surface area contributed by atoms with Crippen molar-refractivity contribution in [2.24, 2.45) is 11.7 Å². The number of urea groups is 1. The fourth-order valence-corrected chi connectivity index (χ4v) is 11.2. The van der Waals surface area contributed by atoms with Gasteiger partial charge in [0.2, 0.25) is 17.7 Å². The summed E-state index contributed by atoms with van der Waals surface area (Å²) < 4.78 is 33.9. The molecule has 1 unspecified atom stereocenters. The molecule has 400 valence electrons. The number of ether oxygens (including phenoxy) is 3. The van der Waals surface area contributed by atoms with Gasteiger partial charge in [0.25, 0.3) is 5.91 Å². The number of piperazine rings is 1. The van der Waals surface area contributed by atoms with E-state index < -0.39 is 17.8 Å². The molecule has 1 aliphatic carbocycles. The van der Waals surface area contributed by atoms with Gasteiger partial charge >= 0.3 is 6.03 Å². The molecule has 5 N–H and O–H groups in total. The van der Waals surface area contributed by atoms with Crippen LogP contribution >= 0.6 is 23.2 Å². The van der Waals surface area contributed by atoms with E-state index in [4.69, 9.17) is 43.1 Å². The molecular weight excluding hydrogens is 1010 g/mol. The van der Waals surface area contributed by atoms with Gasteiger partial charge in [0.05, 0.1) is 22.4 Å². The third-order valence-corrected chi connectivity index (χ3v) is 15.6. The minimum Gasteiger partial charge on any atom is -0.488 e. The van der Waals surface area contributed by atoms with Crippen LogP contribution in [0.2, 0.25) is 10.0 Å². The molecule has 3 saturated heterocycles. The molecule has 1 saturated carbocycles. The number of imide groups is 1. The number of hydrogen-bond acceptors (Lipinski definition) is 10. The van der Waals surface area contributed by atoms with Crippen molar-refractivity contribution in [1.29, 1.82) is 0 Å². The van der Waals surface area contributed by atoms with Gasteiger partial charge < -0.3 is 35.5 Å². The Labute approximate surface area is 452 Å². The molecule has 9 rings (SSSR count). The third-order valence-electron chi connectivity index (χ3n) is 15.0.